The Morgan fingerprint density at radius 3 is 2.62 bits per heavy atom. The summed E-state index contributed by atoms with van der Waals surface area (Å²) in [5.74, 6) is 0.115. The van der Waals surface area contributed by atoms with Gasteiger partial charge in [0.2, 0.25) is 0 Å². The van der Waals surface area contributed by atoms with Crippen LogP contribution in [0.3, 0.4) is 0 Å². The van der Waals surface area contributed by atoms with Crippen molar-refractivity contribution in [2.24, 2.45) is 0 Å². The highest BCUT2D eigenvalue weighted by Gasteiger charge is 2.29. The van der Waals surface area contributed by atoms with E-state index in [2.05, 4.69) is 39.8 Å². The van der Waals surface area contributed by atoms with Gasteiger partial charge in [-0.05, 0) is 65.9 Å². The highest BCUT2D eigenvalue weighted by atomic mass is 16.2. The molecule has 0 spiro atoms. The van der Waals surface area contributed by atoms with Crippen LogP contribution in [0.15, 0.2) is 60.9 Å². The van der Waals surface area contributed by atoms with Gasteiger partial charge in [-0.1, -0.05) is 30.3 Å². The molecule has 26 heavy (non-hydrogen) atoms. The van der Waals surface area contributed by atoms with Gasteiger partial charge in [0, 0.05) is 18.2 Å². The minimum Gasteiger partial charge on any atom is -0.336 e. The highest BCUT2D eigenvalue weighted by molar-refractivity contribution is 5.94. The van der Waals surface area contributed by atoms with Gasteiger partial charge < -0.3 is 4.90 Å². The van der Waals surface area contributed by atoms with Crippen LogP contribution in [-0.2, 0) is 6.42 Å². The number of aromatic nitrogens is 4. The largest absolute Gasteiger partial charge is 0.336 e. The Bertz CT molecular complexity index is 846. The lowest BCUT2D eigenvalue weighted by atomic mass is 10.0. The molecule has 4 rings (SSSR count). The Morgan fingerprint density at radius 2 is 1.88 bits per heavy atom. The normalized spacial score (nSPS) is 16.8. The lowest BCUT2D eigenvalue weighted by molar-refractivity contribution is 0.0730. The quantitative estimate of drug-likeness (QED) is 0.712. The highest BCUT2D eigenvalue weighted by Crippen LogP contribution is 2.24. The minimum absolute atomic E-state index is 0.115. The van der Waals surface area contributed by atoms with E-state index in [4.69, 9.17) is 0 Å². The van der Waals surface area contributed by atoms with Crippen LogP contribution >= 0.6 is 0 Å². The molecule has 0 aliphatic carbocycles. The van der Waals surface area contributed by atoms with Gasteiger partial charge in [-0.25, -0.2) is 4.68 Å². The maximum absolute atomic E-state index is 12.9. The summed E-state index contributed by atoms with van der Waals surface area (Å²) in [6.07, 6.45) is 5.72. The molecule has 1 aromatic heterocycles. The van der Waals surface area contributed by atoms with Gasteiger partial charge >= 0.3 is 0 Å². The van der Waals surface area contributed by atoms with Crippen molar-refractivity contribution in [3.8, 4) is 5.69 Å². The standard InChI is InChI=1S/C20H21N5O/c26-20(17-9-12-19(13-10-17)25-15-21-22-23-25)24-14-4-7-18(24)11-8-16-5-2-1-3-6-16/h1-3,5-6,9-10,12-13,15,18H,4,7-8,11,14H2. The van der Waals surface area contributed by atoms with Crippen molar-refractivity contribution in [2.75, 3.05) is 6.54 Å². The second kappa shape index (κ2) is 7.47. The summed E-state index contributed by atoms with van der Waals surface area (Å²) in [5, 5.41) is 11.1. The average Bonchev–Trinajstić information content (AvgIpc) is 3.39. The molecule has 0 saturated carbocycles. The van der Waals surface area contributed by atoms with Crippen LogP contribution in [0.1, 0.15) is 35.2 Å². The molecular formula is C20H21N5O. The fourth-order valence-electron chi connectivity index (χ4n) is 3.58. The molecule has 1 unspecified atom stereocenters. The lowest BCUT2D eigenvalue weighted by Crippen LogP contribution is -2.35. The number of benzene rings is 2. The van der Waals surface area contributed by atoms with Crippen LogP contribution in [0.25, 0.3) is 5.69 Å². The molecule has 0 radical (unpaired) electrons. The van der Waals surface area contributed by atoms with Crippen molar-refractivity contribution < 1.29 is 4.79 Å². The van der Waals surface area contributed by atoms with Crippen molar-refractivity contribution in [2.45, 2.75) is 31.7 Å². The Labute approximate surface area is 152 Å². The van der Waals surface area contributed by atoms with Crippen molar-refractivity contribution in [1.82, 2.24) is 25.1 Å². The summed E-state index contributed by atoms with van der Waals surface area (Å²) in [6, 6.07) is 18.3. The molecule has 6 heteroatoms. The Kier molecular flexibility index (Phi) is 4.73. The lowest BCUT2D eigenvalue weighted by Gasteiger charge is -2.25. The summed E-state index contributed by atoms with van der Waals surface area (Å²) >= 11 is 0. The van der Waals surface area contributed by atoms with E-state index in [1.807, 2.05) is 35.2 Å². The Balaban J connectivity index is 1.43. The predicted molar refractivity (Wildman–Crippen MR) is 98.0 cm³/mol. The second-order valence-corrected chi connectivity index (χ2v) is 6.62. The zero-order valence-electron chi connectivity index (χ0n) is 14.5. The summed E-state index contributed by atoms with van der Waals surface area (Å²) in [4.78, 5) is 15.0. The maximum Gasteiger partial charge on any atom is 0.254 e. The summed E-state index contributed by atoms with van der Waals surface area (Å²) in [6.45, 7) is 0.840. The van der Waals surface area contributed by atoms with Gasteiger partial charge in [0.1, 0.15) is 6.33 Å². The van der Waals surface area contributed by atoms with Gasteiger partial charge in [-0.15, -0.1) is 5.10 Å². The number of hydrogen-bond donors (Lipinski definition) is 0. The molecule has 0 N–H and O–H groups in total. The number of nitrogens with zero attached hydrogens (tertiary/aromatic N) is 5. The van der Waals surface area contributed by atoms with E-state index in [-0.39, 0.29) is 5.91 Å². The average molecular weight is 347 g/mol. The van der Waals surface area contributed by atoms with Crippen LogP contribution in [0, 0.1) is 0 Å². The fourth-order valence-corrected chi connectivity index (χ4v) is 3.58. The van der Waals surface area contributed by atoms with E-state index in [1.165, 1.54) is 11.9 Å². The van der Waals surface area contributed by atoms with Crippen LogP contribution in [0.4, 0.5) is 0 Å². The van der Waals surface area contributed by atoms with Crippen molar-refractivity contribution in [1.29, 1.82) is 0 Å². The number of likely N-dealkylation sites (tertiary alicyclic amines) is 1. The first-order valence-electron chi connectivity index (χ1n) is 8.99. The number of hydrogen-bond acceptors (Lipinski definition) is 4. The second-order valence-electron chi connectivity index (χ2n) is 6.62. The van der Waals surface area contributed by atoms with E-state index < -0.39 is 0 Å². The van der Waals surface area contributed by atoms with Gasteiger partial charge in [0.15, 0.2) is 0 Å². The Morgan fingerprint density at radius 1 is 1.08 bits per heavy atom. The summed E-state index contributed by atoms with van der Waals surface area (Å²) < 4.78 is 1.58. The van der Waals surface area contributed by atoms with Gasteiger partial charge in [-0.3, -0.25) is 4.79 Å². The first-order valence-corrected chi connectivity index (χ1v) is 8.99. The van der Waals surface area contributed by atoms with Gasteiger partial charge in [0.05, 0.1) is 5.69 Å². The van der Waals surface area contributed by atoms with Crippen LogP contribution in [-0.4, -0.2) is 43.6 Å². The zero-order chi connectivity index (χ0) is 17.8. The molecule has 6 nitrogen and oxygen atoms in total. The number of aryl methyl sites for hydroxylation is 1. The molecule has 1 amide bonds. The van der Waals surface area contributed by atoms with Crippen molar-refractivity contribution in [3.63, 3.8) is 0 Å². The summed E-state index contributed by atoms with van der Waals surface area (Å²) in [5.41, 5.74) is 2.89. The molecule has 1 fully saturated rings. The molecule has 2 heterocycles. The monoisotopic (exact) mass is 347 g/mol. The van der Waals surface area contributed by atoms with Crippen LogP contribution in [0.2, 0.25) is 0 Å². The van der Waals surface area contributed by atoms with E-state index in [9.17, 15) is 4.79 Å². The van der Waals surface area contributed by atoms with Crippen LogP contribution in [0.5, 0.6) is 0 Å². The third kappa shape index (κ3) is 3.49. The molecule has 1 saturated heterocycles. The molecule has 3 aromatic rings. The third-order valence-electron chi connectivity index (χ3n) is 4.97. The van der Waals surface area contributed by atoms with Gasteiger partial charge in [-0.2, -0.15) is 0 Å². The van der Waals surface area contributed by atoms with E-state index in [1.54, 1.807) is 4.68 Å². The first kappa shape index (κ1) is 16.4. The fraction of sp³-hybridized carbons (Fsp3) is 0.300. The molecule has 1 aliphatic rings. The minimum atomic E-state index is 0.115. The summed E-state index contributed by atoms with van der Waals surface area (Å²) in [7, 11) is 0. The maximum atomic E-state index is 12.9. The SMILES string of the molecule is O=C(c1ccc(-n2cnnn2)cc1)N1CCCC1CCc1ccccc1. The molecule has 1 aliphatic heterocycles. The first-order chi connectivity index (χ1) is 12.8. The smallest absolute Gasteiger partial charge is 0.254 e. The van der Waals surface area contributed by atoms with E-state index in [0.29, 0.717) is 11.6 Å². The van der Waals surface area contributed by atoms with Crippen molar-refractivity contribution in [3.05, 3.63) is 72.1 Å². The molecule has 2 aromatic carbocycles. The molecule has 132 valence electrons. The number of rotatable bonds is 5. The number of amides is 1. The third-order valence-corrected chi connectivity index (χ3v) is 4.97. The van der Waals surface area contributed by atoms with Crippen molar-refractivity contribution >= 4 is 5.91 Å². The van der Waals surface area contributed by atoms with E-state index in [0.717, 1.165) is 37.9 Å². The Hall–Kier alpha value is -3.02. The van der Waals surface area contributed by atoms with Crippen LogP contribution < -0.4 is 0 Å². The predicted octanol–water partition coefficient (Wildman–Crippen LogP) is 2.90. The number of tetrazole rings is 1. The number of carbonyl (C=O) groups excluding carboxylic acids is 1. The molecular weight excluding hydrogens is 326 g/mol. The zero-order valence-corrected chi connectivity index (χ0v) is 14.5. The molecule has 0 bridgehead atoms. The molecule has 1 atom stereocenters. The number of carbonyl (C=O) groups is 1. The van der Waals surface area contributed by atoms with Gasteiger partial charge in [0.25, 0.3) is 5.91 Å². The van der Waals surface area contributed by atoms with E-state index >= 15 is 0 Å². The topological polar surface area (TPSA) is 63.9 Å².